The molecular weight excluding hydrogens is 522 g/mol. The average molecular weight is 574 g/mol. The molecule has 3 fully saturated rings. The van der Waals surface area contributed by atoms with Gasteiger partial charge in [-0.2, -0.15) is 5.10 Å². The maximum Gasteiger partial charge on any atom is 0.272 e. The monoisotopic (exact) mass is 573 g/mol. The molecular formula is C34H51N7O. The van der Waals surface area contributed by atoms with Crippen LogP contribution in [0.15, 0.2) is 36.4 Å². The maximum absolute atomic E-state index is 13.1. The number of anilines is 1. The largest absolute Gasteiger partial charge is 0.357 e. The molecule has 0 radical (unpaired) electrons. The second-order valence-corrected chi connectivity index (χ2v) is 12.6. The lowest BCUT2D eigenvalue weighted by Crippen LogP contribution is -2.44. The van der Waals surface area contributed by atoms with Gasteiger partial charge in [0.1, 0.15) is 5.82 Å². The van der Waals surface area contributed by atoms with Crippen molar-refractivity contribution < 1.29 is 4.79 Å². The summed E-state index contributed by atoms with van der Waals surface area (Å²) in [4.78, 5) is 25.3. The molecule has 3 saturated heterocycles. The fourth-order valence-electron chi connectivity index (χ4n) is 6.43. The van der Waals surface area contributed by atoms with E-state index in [0.29, 0.717) is 5.69 Å². The van der Waals surface area contributed by atoms with Crippen LogP contribution in [0.25, 0.3) is 11.0 Å². The fraction of sp³-hybridized carbons (Fsp3) is 0.618. The van der Waals surface area contributed by atoms with E-state index in [-0.39, 0.29) is 11.9 Å². The number of nitrogens with zero attached hydrogens (tertiary/aromatic N) is 6. The summed E-state index contributed by atoms with van der Waals surface area (Å²) in [6.07, 6.45) is 12.6. The van der Waals surface area contributed by atoms with Crippen LogP contribution in [0, 0.1) is 6.92 Å². The van der Waals surface area contributed by atoms with Crippen molar-refractivity contribution in [3.8, 4) is 0 Å². The first-order chi connectivity index (χ1) is 20.5. The van der Waals surface area contributed by atoms with Crippen molar-refractivity contribution in [3.63, 3.8) is 0 Å². The van der Waals surface area contributed by atoms with E-state index in [9.17, 15) is 4.79 Å². The zero-order valence-electron chi connectivity index (χ0n) is 26.2. The zero-order chi connectivity index (χ0) is 29.3. The number of amides is 1. The Balaban J connectivity index is 0.000000382. The Bertz CT molecular complexity index is 1260. The van der Waals surface area contributed by atoms with Crippen molar-refractivity contribution in [3.05, 3.63) is 53.2 Å². The van der Waals surface area contributed by atoms with Crippen LogP contribution in [-0.4, -0.2) is 82.8 Å². The minimum absolute atomic E-state index is 0.0908. The van der Waals surface area contributed by atoms with Crippen molar-refractivity contribution in [1.82, 2.24) is 29.9 Å². The van der Waals surface area contributed by atoms with Crippen LogP contribution in [0.5, 0.6) is 0 Å². The number of carbonyl (C=O) groups is 1. The fourth-order valence-corrected chi connectivity index (χ4v) is 6.43. The number of aryl methyl sites for hydroxylation is 2. The van der Waals surface area contributed by atoms with E-state index in [1.807, 2.05) is 13.1 Å². The molecule has 6 rings (SSSR count). The van der Waals surface area contributed by atoms with Crippen LogP contribution < -0.4 is 10.2 Å². The minimum Gasteiger partial charge on any atom is -0.357 e. The summed E-state index contributed by atoms with van der Waals surface area (Å²) in [7, 11) is 4.09. The quantitative estimate of drug-likeness (QED) is 0.432. The van der Waals surface area contributed by atoms with Gasteiger partial charge in [-0.15, -0.1) is 0 Å². The molecule has 228 valence electrons. The Hall–Kier alpha value is -2.97. The smallest absolute Gasteiger partial charge is 0.272 e. The van der Waals surface area contributed by atoms with Gasteiger partial charge in [-0.05, 0) is 83.3 Å². The number of carbonyl (C=O) groups excluding carboxylic acids is 1. The van der Waals surface area contributed by atoms with E-state index < -0.39 is 0 Å². The molecule has 1 N–H and O–H groups in total. The number of rotatable bonds is 5. The second kappa shape index (κ2) is 15.0. The van der Waals surface area contributed by atoms with Crippen molar-refractivity contribution in [2.24, 2.45) is 7.05 Å². The first kappa shape index (κ1) is 30.5. The molecule has 2 aromatic heterocycles. The molecule has 0 aliphatic carbocycles. The summed E-state index contributed by atoms with van der Waals surface area (Å²) in [5, 5.41) is 8.62. The summed E-state index contributed by atoms with van der Waals surface area (Å²) in [5.74, 6) is 0.900. The van der Waals surface area contributed by atoms with Gasteiger partial charge in [-0.3, -0.25) is 9.69 Å². The van der Waals surface area contributed by atoms with E-state index in [1.165, 1.54) is 75.6 Å². The molecule has 5 heterocycles. The van der Waals surface area contributed by atoms with Crippen LogP contribution >= 0.6 is 0 Å². The molecule has 1 amide bonds. The predicted molar refractivity (Wildman–Crippen MR) is 172 cm³/mol. The summed E-state index contributed by atoms with van der Waals surface area (Å²) < 4.78 is 1.75. The number of hydrogen-bond acceptors (Lipinski definition) is 6. The minimum atomic E-state index is -0.0908. The van der Waals surface area contributed by atoms with Crippen LogP contribution in [0.3, 0.4) is 0 Å². The highest BCUT2D eigenvalue weighted by Gasteiger charge is 2.24. The van der Waals surface area contributed by atoms with E-state index >= 15 is 0 Å². The highest BCUT2D eigenvalue weighted by atomic mass is 16.2. The molecule has 0 bridgehead atoms. The van der Waals surface area contributed by atoms with Crippen molar-refractivity contribution >= 4 is 22.8 Å². The molecule has 0 saturated carbocycles. The van der Waals surface area contributed by atoms with Crippen LogP contribution in [0.4, 0.5) is 5.82 Å². The number of benzene rings is 1. The predicted octanol–water partition coefficient (Wildman–Crippen LogP) is 5.54. The van der Waals surface area contributed by atoms with Gasteiger partial charge < -0.3 is 15.1 Å². The SMILES string of the molecule is CN1CCCCCC1.Cc1ccc(CN2CCC(NC(=O)c3nn(C)c4nc(N5CCCCCC5)ccc34)CC2)cc1. The molecule has 8 nitrogen and oxygen atoms in total. The number of aromatic nitrogens is 3. The number of nitrogens with one attached hydrogen (secondary N) is 1. The molecule has 3 aliphatic rings. The Morgan fingerprint density at radius 2 is 1.43 bits per heavy atom. The Labute approximate surface area is 252 Å². The first-order valence-corrected chi connectivity index (χ1v) is 16.3. The van der Waals surface area contributed by atoms with Gasteiger partial charge in [0.05, 0.1) is 5.39 Å². The van der Waals surface area contributed by atoms with E-state index in [0.717, 1.165) is 62.4 Å². The zero-order valence-corrected chi connectivity index (χ0v) is 26.2. The molecule has 3 aliphatic heterocycles. The van der Waals surface area contributed by atoms with Crippen LogP contribution in [-0.2, 0) is 13.6 Å². The third kappa shape index (κ3) is 8.32. The topological polar surface area (TPSA) is 69.5 Å². The number of piperidine rings is 1. The first-order valence-electron chi connectivity index (χ1n) is 16.3. The lowest BCUT2D eigenvalue weighted by molar-refractivity contribution is 0.0904. The molecule has 1 aromatic carbocycles. The van der Waals surface area contributed by atoms with Crippen molar-refractivity contribution in [2.75, 3.05) is 51.2 Å². The Morgan fingerprint density at radius 3 is 2.07 bits per heavy atom. The number of pyridine rings is 1. The summed E-state index contributed by atoms with van der Waals surface area (Å²) in [6, 6.07) is 13.0. The molecule has 3 aromatic rings. The van der Waals surface area contributed by atoms with Crippen molar-refractivity contribution in [1.29, 1.82) is 0 Å². The van der Waals surface area contributed by atoms with E-state index in [2.05, 4.69) is 69.4 Å². The van der Waals surface area contributed by atoms with Gasteiger partial charge in [0, 0.05) is 45.8 Å². The van der Waals surface area contributed by atoms with E-state index in [1.54, 1.807) is 4.68 Å². The molecule has 42 heavy (non-hydrogen) atoms. The summed E-state index contributed by atoms with van der Waals surface area (Å²) in [5.41, 5.74) is 3.90. The number of fused-ring (bicyclic) bond motifs is 1. The average Bonchev–Trinajstić information content (AvgIpc) is 3.22. The number of hydrogen-bond donors (Lipinski definition) is 1. The second-order valence-electron chi connectivity index (χ2n) is 12.6. The standard InChI is InChI=1S/C27H36N6O.C7H15N/c1-20-7-9-21(10-8-20)19-32-17-13-22(14-18-32)28-27(34)25-23-11-12-24(29-26(23)31(2)30-25)33-15-5-3-4-6-16-33;1-8-6-4-2-3-5-7-8/h7-12,22H,3-6,13-19H2,1-2H3,(H,28,34);2-7H2,1H3. The maximum atomic E-state index is 13.1. The van der Waals surface area contributed by atoms with Crippen LogP contribution in [0.2, 0.25) is 0 Å². The third-order valence-corrected chi connectivity index (χ3v) is 9.10. The molecule has 0 unspecified atom stereocenters. The summed E-state index contributed by atoms with van der Waals surface area (Å²) >= 11 is 0. The Morgan fingerprint density at radius 1 is 0.810 bits per heavy atom. The van der Waals surface area contributed by atoms with Crippen molar-refractivity contribution in [2.45, 2.75) is 83.7 Å². The molecule has 0 atom stereocenters. The van der Waals surface area contributed by atoms with Gasteiger partial charge in [0.2, 0.25) is 0 Å². The van der Waals surface area contributed by atoms with Gasteiger partial charge >= 0.3 is 0 Å². The highest BCUT2D eigenvalue weighted by molar-refractivity contribution is 6.04. The number of likely N-dealkylation sites (tertiary alicyclic amines) is 2. The normalized spacial score (nSPS) is 19.5. The lowest BCUT2D eigenvalue weighted by Gasteiger charge is -2.32. The van der Waals surface area contributed by atoms with E-state index in [4.69, 9.17) is 4.98 Å². The highest BCUT2D eigenvalue weighted by Crippen LogP contribution is 2.24. The van der Waals surface area contributed by atoms with Gasteiger partial charge in [-0.25, -0.2) is 9.67 Å². The molecule has 0 spiro atoms. The summed E-state index contributed by atoms with van der Waals surface area (Å²) in [6.45, 7) is 9.80. The van der Waals surface area contributed by atoms with Gasteiger partial charge in [0.15, 0.2) is 11.3 Å². The lowest BCUT2D eigenvalue weighted by atomic mass is 10.0. The van der Waals surface area contributed by atoms with Gasteiger partial charge in [-0.1, -0.05) is 55.5 Å². The van der Waals surface area contributed by atoms with Crippen LogP contribution in [0.1, 0.15) is 85.8 Å². The third-order valence-electron chi connectivity index (χ3n) is 9.10. The molecule has 8 heteroatoms. The van der Waals surface area contributed by atoms with Gasteiger partial charge in [0.25, 0.3) is 5.91 Å². The Kier molecular flexibility index (Phi) is 10.9.